The molecule has 134 valence electrons. The monoisotopic (exact) mass is 380 g/mol. The number of halogens is 1. The summed E-state index contributed by atoms with van der Waals surface area (Å²) in [7, 11) is 0. The molecule has 25 heavy (non-hydrogen) atoms. The minimum atomic E-state index is -0.245. The van der Waals surface area contributed by atoms with Crippen molar-refractivity contribution in [2.24, 2.45) is 0 Å². The Morgan fingerprint density at radius 3 is 2.56 bits per heavy atom. The molecule has 1 atom stereocenters. The predicted octanol–water partition coefficient (Wildman–Crippen LogP) is 1.96. The lowest BCUT2D eigenvalue weighted by Crippen LogP contribution is -2.50. The Balaban J connectivity index is 1.65. The summed E-state index contributed by atoms with van der Waals surface area (Å²) < 4.78 is 1.62. The van der Waals surface area contributed by atoms with E-state index in [-0.39, 0.29) is 11.2 Å². The highest BCUT2D eigenvalue weighted by Gasteiger charge is 2.26. The summed E-state index contributed by atoms with van der Waals surface area (Å²) in [5, 5.41) is 12.8. The highest BCUT2D eigenvalue weighted by atomic mass is 35.5. The standard InChI is InChI=1S/C16H21ClN6OS/c1-3-21-8-10-22(11-9-21)15(24)12(2)25-16-18-19-20-23(16)14-6-4-13(17)5-7-14/h4-7,12H,3,8-11H2,1-2H3/t12-/m0/s1. The van der Waals surface area contributed by atoms with Gasteiger partial charge in [-0.15, -0.1) is 5.10 Å². The molecule has 1 aliphatic rings. The zero-order chi connectivity index (χ0) is 17.8. The van der Waals surface area contributed by atoms with Gasteiger partial charge in [-0.25, -0.2) is 0 Å². The van der Waals surface area contributed by atoms with Gasteiger partial charge in [0.15, 0.2) is 0 Å². The average Bonchev–Trinajstić information content (AvgIpc) is 3.10. The second-order valence-corrected chi connectivity index (χ2v) is 7.61. The topological polar surface area (TPSA) is 67.2 Å². The Bertz CT molecular complexity index is 714. The zero-order valence-electron chi connectivity index (χ0n) is 14.3. The fourth-order valence-corrected chi connectivity index (χ4v) is 3.76. The van der Waals surface area contributed by atoms with E-state index in [1.54, 1.807) is 16.8 Å². The lowest BCUT2D eigenvalue weighted by Gasteiger charge is -2.35. The lowest BCUT2D eigenvalue weighted by molar-refractivity contribution is -0.132. The number of hydrogen-bond acceptors (Lipinski definition) is 6. The number of benzene rings is 1. The molecule has 1 fully saturated rings. The van der Waals surface area contributed by atoms with Gasteiger partial charge in [-0.3, -0.25) is 4.79 Å². The van der Waals surface area contributed by atoms with Gasteiger partial charge in [0, 0.05) is 31.2 Å². The first kappa shape index (κ1) is 18.2. The molecule has 0 radical (unpaired) electrons. The van der Waals surface area contributed by atoms with Crippen LogP contribution in [0.1, 0.15) is 13.8 Å². The number of carbonyl (C=O) groups is 1. The predicted molar refractivity (Wildman–Crippen MR) is 98.2 cm³/mol. The van der Waals surface area contributed by atoms with Crippen LogP contribution < -0.4 is 0 Å². The Labute approximate surface area is 156 Å². The third-order valence-electron chi connectivity index (χ3n) is 4.27. The van der Waals surface area contributed by atoms with E-state index >= 15 is 0 Å². The molecule has 1 amide bonds. The molecule has 1 aromatic carbocycles. The van der Waals surface area contributed by atoms with Gasteiger partial charge in [0.05, 0.1) is 10.9 Å². The van der Waals surface area contributed by atoms with Crippen molar-refractivity contribution < 1.29 is 4.79 Å². The number of amides is 1. The molecule has 1 aromatic heterocycles. The van der Waals surface area contributed by atoms with Crippen LogP contribution in [-0.4, -0.2) is 73.9 Å². The SMILES string of the molecule is CCN1CCN(C(=O)[C@H](C)Sc2nnnn2-c2ccc(Cl)cc2)CC1. The zero-order valence-corrected chi connectivity index (χ0v) is 15.9. The number of thioether (sulfide) groups is 1. The second-order valence-electron chi connectivity index (χ2n) is 5.87. The van der Waals surface area contributed by atoms with E-state index < -0.39 is 0 Å². The van der Waals surface area contributed by atoms with Crippen LogP contribution in [0.15, 0.2) is 29.4 Å². The van der Waals surface area contributed by atoms with Crippen molar-refractivity contribution in [1.82, 2.24) is 30.0 Å². The van der Waals surface area contributed by atoms with Gasteiger partial charge in [0.2, 0.25) is 11.1 Å². The molecular weight excluding hydrogens is 360 g/mol. The molecule has 3 rings (SSSR count). The van der Waals surface area contributed by atoms with E-state index in [9.17, 15) is 4.79 Å². The Morgan fingerprint density at radius 1 is 1.24 bits per heavy atom. The number of aromatic nitrogens is 4. The maximum atomic E-state index is 12.7. The first-order valence-corrected chi connectivity index (χ1v) is 9.56. The largest absolute Gasteiger partial charge is 0.339 e. The molecule has 1 aliphatic heterocycles. The molecule has 2 heterocycles. The van der Waals surface area contributed by atoms with Gasteiger partial charge in [-0.2, -0.15) is 4.68 Å². The van der Waals surface area contributed by atoms with Crippen LogP contribution in [0.5, 0.6) is 0 Å². The summed E-state index contributed by atoms with van der Waals surface area (Å²) in [6.07, 6.45) is 0. The van der Waals surface area contributed by atoms with Crippen molar-refractivity contribution in [3.05, 3.63) is 29.3 Å². The summed E-state index contributed by atoms with van der Waals surface area (Å²) in [5.74, 6) is 0.131. The number of carbonyl (C=O) groups excluding carboxylic acids is 1. The summed E-state index contributed by atoms with van der Waals surface area (Å²) >= 11 is 7.30. The highest BCUT2D eigenvalue weighted by molar-refractivity contribution is 8.00. The minimum Gasteiger partial charge on any atom is -0.339 e. The number of piperazine rings is 1. The van der Waals surface area contributed by atoms with Crippen molar-refractivity contribution >= 4 is 29.3 Å². The van der Waals surface area contributed by atoms with E-state index in [2.05, 4.69) is 27.3 Å². The van der Waals surface area contributed by atoms with Crippen LogP contribution in [0.4, 0.5) is 0 Å². The van der Waals surface area contributed by atoms with E-state index in [0.717, 1.165) is 38.4 Å². The molecule has 0 unspecified atom stereocenters. The van der Waals surface area contributed by atoms with Crippen LogP contribution in [0.25, 0.3) is 5.69 Å². The molecule has 9 heteroatoms. The Morgan fingerprint density at radius 2 is 1.92 bits per heavy atom. The van der Waals surface area contributed by atoms with Gasteiger partial charge in [-0.05, 0) is 48.2 Å². The Kier molecular flexibility index (Phi) is 5.93. The van der Waals surface area contributed by atoms with Crippen molar-refractivity contribution in [2.45, 2.75) is 24.3 Å². The van der Waals surface area contributed by atoms with Crippen molar-refractivity contribution in [1.29, 1.82) is 0 Å². The number of likely N-dealkylation sites (N-methyl/N-ethyl adjacent to an activating group) is 1. The summed E-state index contributed by atoms with van der Waals surface area (Å²) in [4.78, 5) is 17.0. The fourth-order valence-electron chi connectivity index (χ4n) is 2.75. The van der Waals surface area contributed by atoms with E-state index in [1.165, 1.54) is 11.8 Å². The molecule has 0 N–H and O–H groups in total. The number of rotatable bonds is 5. The molecule has 0 bridgehead atoms. The quantitative estimate of drug-likeness (QED) is 0.739. The first-order valence-electron chi connectivity index (χ1n) is 8.30. The summed E-state index contributed by atoms with van der Waals surface area (Å²) in [6, 6.07) is 7.27. The van der Waals surface area contributed by atoms with E-state index in [4.69, 9.17) is 11.6 Å². The molecule has 0 spiro atoms. The van der Waals surface area contributed by atoms with Crippen LogP contribution in [0.3, 0.4) is 0 Å². The third-order valence-corrected chi connectivity index (χ3v) is 5.55. The molecule has 1 saturated heterocycles. The maximum absolute atomic E-state index is 12.7. The normalized spacial score (nSPS) is 16.8. The molecule has 0 aliphatic carbocycles. The van der Waals surface area contributed by atoms with Gasteiger partial charge in [0.1, 0.15) is 0 Å². The van der Waals surface area contributed by atoms with Crippen LogP contribution in [0, 0.1) is 0 Å². The fraction of sp³-hybridized carbons (Fsp3) is 0.500. The van der Waals surface area contributed by atoms with Gasteiger partial charge in [-0.1, -0.05) is 30.3 Å². The number of tetrazole rings is 1. The summed E-state index contributed by atoms with van der Waals surface area (Å²) in [6.45, 7) is 8.50. The number of hydrogen-bond donors (Lipinski definition) is 0. The summed E-state index contributed by atoms with van der Waals surface area (Å²) in [5.41, 5.74) is 0.813. The minimum absolute atomic E-state index is 0.131. The second kappa shape index (κ2) is 8.16. The van der Waals surface area contributed by atoms with Gasteiger partial charge < -0.3 is 9.80 Å². The van der Waals surface area contributed by atoms with Crippen LogP contribution >= 0.6 is 23.4 Å². The van der Waals surface area contributed by atoms with Gasteiger partial charge in [0.25, 0.3) is 0 Å². The smallest absolute Gasteiger partial charge is 0.235 e. The third kappa shape index (κ3) is 4.31. The molecule has 2 aromatic rings. The average molecular weight is 381 g/mol. The van der Waals surface area contributed by atoms with Gasteiger partial charge >= 0.3 is 0 Å². The molecular formula is C16H21ClN6OS. The van der Waals surface area contributed by atoms with Crippen molar-refractivity contribution in [3.63, 3.8) is 0 Å². The van der Waals surface area contributed by atoms with Crippen LogP contribution in [-0.2, 0) is 4.79 Å². The lowest BCUT2D eigenvalue weighted by atomic mass is 10.3. The van der Waals surface area contributed by atoms with E-state index in [0.29, 0.717) is 10.2 Å². The van der Waals surface area contributed by atoms with Crippen LogP contribution in [0.2, 0.25) is 5.02 Å². The van der Waals surface area contributed by atoms with E-state index in [1.807, 2.05) is 24.0 Å². The van der Waals surface area contributed by atoms with Crippen molar-refractivity contribution in [3.8, 4) is 5.69 Å². The first-order chi connectivity index (χ1) is 12.1. The Hall–Kier alpha value is -1.64. The van der Waals surface area contributed by atoms with Crippen molar-refractivity contribution in [2.75, 3.05) is 32.7 Å². The number of nitrogens with zero attached hydrogens (tertiary/aromatic N) is 6. The highest BCUT2D eigenvalue weighted by Crippen LogP contribution is 2.25. The molecule has 7 nitrogen and oxygen atoms in total. The maximum Gasteiger partial charge on any atom is 0.235 e. The molecule has 0 saturated carbocycles.